The summed E-state index contributed by atoms with van der Waals surface area (Å²) < 4.78 is 7.05. The molecule has 0 radical (unpaired) electrons. The standard InChI is InChI=1S/C9H17N3O/c1-8(13-3)7-12-5-4-9(11-12)6-10-2/h4-5,8,10H,6-7H2,1-3H3. The van der Waals surface area contributed by atoms with Crippen molar-refractivity contribution in [3.05, 3.63) is 18.0 Å². The second-order valence-corrected chi connectivity index (χ2v) is 3.11. The van der Waals surface area contributed by atoms with E-state index < -0.39 is 0 Å². The highest BCUT2D eigenvalue weighted by atomic mass is 16.5. The van der Waals surface area contributed by atoms with Crippen LogP contribution in [0.5, 0.6) is 0 Å². The van der Waals surface area contributed by atoms with Crippen LogP contribution in [-0.4, -0.2) is 30.0 Å². The fraction of sp³-hybridized carbons (Fsp3) is 0.667. The Balaban J connectivity index is 2.48. The topological polar surface area (TPSA) is 39.1 Å². The molecule has 0 fully saturated rings. The molecule has 74 valence electrons. The summed E-state index contributed by atoms with van der Waals surface area (Å²) in [7, 11) is 3.62. The van der Waals surface area contributed by atoms with Gasteiger partial charge in [0.15, 0.2) is 0 Å². The first kappa shape index (κ1) is 10.2. The molecule has 0 aliphatic carbocycles. The molecule has 0 aliphatic rings. The van der Waals surface area contributed by atoms with Crippen molar-refractivity contribution in [2.75, 3.05) is 14.2 Å². The van der Waals surface area contributed by atoms with Crippen molar-refractivity contribution >= 4 is 0 Å². The largest absolute Gasteiger partial charge is 0.380 e. The van der Waals surface area contributed by atoms with E-state index in [1.54, 1.807) is 7.11 Å². The Labute approximate surface area is 78.9 Å². The van der Waals surface area contributed by atoms with Crippen LogP contribution in [0.3, 0.4) is 0 Å². The molecule has 1 aromatic rings. The molecule has 0 saturated carbocycles. The lowest BCUT2D eigenvalue weighted by Crippen LogP contribution is -2.15. The van der Waals surface area contributed by atoms with Gasteiger partial charge in [-0.1, -0.05) is 0 Å². The Morgan fingerprint density at radius 1 is 1.69 bits per heavy atom. The summed E-state index contributed by atoms with van der Waals surface area (Å²) in [4.78, 5) is 0. The minimum atomic E-state index is 0.210. The van der Waals surface area contributed by atoms with Gasteiger partial charge in [-0.25, -0.2) is 0 Å². The number of hydrogen-bond donors (Lipinski definition) is 1. The third kappa shape index (κ3) is 3.16. The summed E-state index contributed by atoms with van der Waals surface area (Å²) in [5.74, 6) is 0. The first-order chi connectivity index (χ1) is 6.26. The normalized spacial score (nSPS) is 13.2. The molecule has 4 heteroatoms. The van der Waals surface area contributed by atoms with Crippen molar-refractivity contribution in [2.45, 2.75) is 26.1 Å². The van der Waals surface area contributed by atoms with Gasteiger partial charge in [-0.3, -0.25) is 4.68 Å². The van der Waals surface area contributed by atoms with E-state index in [-0.39, 0.29) is 6.10 Å². The fourth-order valence-electron chi connectivity index (χ4n) is 1.12. The van der Waals surface area contributed by atoms with Gasteiger partial charge in [0.2, 0.25) is 0 Å². The molecule has 0 aliphatic heterocycles. The summed E-state index contributed by atoms with van der Waals surface area (Å²) in [5.41, 5.74) is 1.06. The predicted molar refractivity (Wildman–Crippen MR) is 51.5 cm³/mol. The van der Waals surface area contributed by atoms with Crippen LogP contribution in [0.4, 0.5) is 0 Å². The Hall–Kier alpha value is -0.870. The van der Waals surface area contributed by atoms with E-state index in [1.807, 2.05) is 30.9 Å². The van der Waals surface area contributed by atoms with Crippen molar-refractivity contribution in [3.63, 3.8) is 0 Å². The third-order valence-corrected chi connectivity index (χ3v) is 1.90. The first-order valence-corrected chi connectivity index (χ1v) is 4.46. The molecule has 1 rings (SSSR count). The van der Waals surface area contributed by atoms with E-state index in [0.29, 0.717) is 0 Å². The molecule has 1 heterocycles. The number of aromatic nitrogens is 2. The molecule has 4 nitrogen and oxygen atoms in total. The predicted octanol–water partition coefficient (Wildman–Crippen LogP) is 0.637. The van der Waals surface area contributed by atoms with Crippen molar-refractivity contribution < 1.29 is 4.74 Å². The number of nitrogens with zero attached hydrogens (tertiary/aromatic N) is 2. The summed E-state index contributed by atoms with van der Waals surface area (Å²) in [6.45, 7) is 3.65. The van der Waals surface area contributed by atoms with Crippen LogP contribution >= 0.6 is 0 Å². The van der Waals surface area contributed by atoms with Crippen LogP contribution in [0, 0.1) is 0 Å². The lowest BCUT2D eigenvalue weighted by atomic mass is 10.4. The minimum Gasteiger partial charge on any atom is -0.380 e. The Bertz CT molecular complexity index is 247. The summed E-state index contributed by atoms with van der Waals surface area (Å²) in [6, 6.07) is 2.01. The number of ether oxygens (including phenoxy) is 1. The van der Waals surface area contributed by atoms with Gasteiger partial charge in [0.1, 0.15) is 0 Å². The number of hydrogen-bond acceptors (Lipinski definition) is 3. The van der Waals surface area contributed by atoms with Crippen molar-refractivity contribution in [1.29, 1.82) is 0 Å². The van der Waals surface area contributed by atoms with Gasteiger partial charge in [0.05, 0.1) is 18.3 Å². The van der Waals surface area contributed by atoms with Gasteiger partial charge >= 0.3 is 0 Å². The van der Waals surface area contributed by atoms with E-state index in [4.69, 9.17) is 4.74 Å². The fourth-order valence-corrected chi connectivity index (χ4v) is 1.12. The van der Waals surface area contributed by atoms with Crippen LogP contribution in [0.25, 0.3) is 0 Å². The summed E-state index contributed by atoms with van der Waals surface area (Å²) in [5, 5.41) is 7.42. The first-order valence-electron chi connectivity index (χ1n) is 4.46. The molecular formula is C9H17N3O. The van der Waals surface area contributed by atoms with Crippen molar-refractivity contribution in [1.82, 2.24) is 15.1 Å². The maximum absolute atomic E-state index is 5.15. The average molecular weight is 183 g/mol. The Kier molecular flexibility index (Phi) is 3.92. The van der Waals surface area contributed by atoms with Gasteiger partial charge < -0.3 is 10.1 Å². The van der Waals surface area contributed by atoms with Gasteiger partial charge in [-0.15, -0.1) is 0 Å². The minimum absolute atomic E-state index is 0.210. The van der Waals surface area contributed by atoms with E-state index in [9.17, 15) is 0 Å². The molecule has 0 spiro atoms. The van der Waals surface area contributed by atoms with Crippen LogP contribution < -0.4 is 5.32 Å². The maximum Gasteiger partial charge on any atom is 0.0762 e. The van der Waals surface area contributed by atoms with Crippen molar-refractivity contribution in [3.8, 4) is 0 Å². The van der Waals surface area contributed by atoms with Gasteiger partial charge in [-0.05, 0) is 20.0 Å². The Morgan fingerprint density at radius 2 is 2.46 bits per heavy atom. The monoisotopic (exact) mass is 183 g/mol. The molecule has 13 heavy (non-hydrogen) atoms. The molecule has 0 amide bonds. The zero-order valence-corrected chi connectivity index (χ0v) is 8.45. The van der Waals surface area contributed by atoms with Gasteiger partial charge in [0, 0.05) is 19.9 Å². The molecule has 1 unspecified atom stereocenters. The number of methoxy groups -OCH3 is 1. The quantitative estimate of drug-likeness (QED) is 0.728. The highest BCUT2D eigenvalue weighted by molar-refractivity contribution is 4.98. The van der Waals surface area contributed by atoms with E-state index in [0.717, 1.165) is 18.8 Å². The van der Waals surface area contributed by atoms with E-state index in [2.05, 4.69) is 10.4 Å². The smallest absolute Gasteiger partial charge is 0.0762 e. The highest BCUT2D eigenvalue weighted by Crippen LogP contribution is 1.98. The SMILES string of the molecule is CNCc1ccn(CC(C)OC)n1. The molecule has 1 aromatic heterocycles. The van der Waals surface area contributed by atoms with Crippen LogP contribution in [0.1, 0.15) is 12.6 Å². The average Bonchev–Trinajstić information content (AvgIpc) is 2.53. The lowest BCUT2D eigenvalue weighted by molar-refractivity contribution is 0.0997. The van der Waals surface area contributed by atoms with Crippen LogP contribution in [0.15, 0.2) is 12.3 Å². The lowest BCUT2D eigenvalue weighted by Gasteiger charge is -2.08. The van der Waals surface area contributed by atoms with E-state index >= 15 is 0 Å². The second-order valence-electron chi connectivity index (χ2n) is 3.11. The van der Waals surface area contributed by atoms with Crippen LogP contribution in [0.2, 0.25) is 0 Å². The third-order valence-electron chi connectivity index (χ3n) is 1.90. The maximum atomic E-state index is 5.15. The van der Waals surface area contributed by atoms with Gasteiger partial charge in [-0.2, -0.15) is 5.10 Å². The molecule has 1 atom stereocenters. The molecule has 1 N–H and O–H groups in total. The summed E-state index contributed by atoms with van der Waals surface area (Å²) >= 11 is 0. The molecule has 0 aromatic carbocycles. The van der Waals surface area contributed by atoms with Crippen molar-refractivity contribution in [2.24, 2.45) is 0 Å². The molecule has 0 bridgehead atoms. The molecule has 0 saturated heterocycles. The molecular weight excluding hydrogens is 166 g/mol. The Morgan fingerprint density at radius 3 is 3.08 bits per heavy atom. The van der Waals surface area contributed by atoms with Crippen LogP contribution in [-0.2, 0) is 17.8 Å². The number of nitrogens with one attached hydrogen (secondary N) is 1. The van der Waals surface area contributed by atoms with E-state index in [1.165, 1.54) is 0 Å². The second kappa shape index (κ2) is 4.99. The zero-order chi connectivity index (χ0) is 9.68. The summed E-state index contributed by atoms with van der Waals surface area (Å²) in [6.07, 6.45) is 2.18. The number of rotatable bonds is 5. The highest BCUT2D eigenvalue weighted by Gasteiger charge is 2.02. The zero-order valence-electron chi connectivity index (χ0n) is 8.45. The van der Waals surface area contributed by atoms with Gasteiger partial charge in [0.25, 0.3) is 0 Å².